The first-order valence-corrected chi connectivity index (χ1v) is 4.94. The first-order chi connectivity index (χ1) is 6.31. The zero-order valence-electron chi connectivity index (χ0n) is 7.24. The van der Waals surface area contributed by atoms with E-state index in [-0.39, 0.29) is 0 Å². The quantitative estimate of drug-likeness (QED) is 0.763. The van der Waals surface area contributed by atoms with Crippen molar-refractivity contribution in [1.29, 1.82) is 0 Å². The van der Waals surface area contributed by atoms with Gasteiger partial charge in [-0.15, -0.1) is 11.3 Å². The molecular formula is C8H10N4S. The largest absolute Gasteiger partial charge is 0.383 e. The van der Waals surface area contributed by atoms with Gasteiger partial charge in [-0.25, -0.2) is 4.98 Å². The minimum Gasteiger partial charge on any atom is -0.383 e. The van der Waals surface area contributed by atoms with Crippen LogP contribution in [0.3, 0.4) is 0 Å². The molecule has 2 aromatic heterocycles. The van der Waals surface area contributed by atoms with Gasteiger partial charge in [-0.1, -0.05) is 0 Å². The van der Waals surface area contributed by atoms with Crippen LogP contribution in [0.15, 0.2) is 11.4 Å². The van der Waals surface area contributed by atoms with Crippen LogP contribution in [0.25, 0.3) is 10.2 Å². The third kappa shape index (κ3) is 1.42. The van der Waals surface area contributed by atoms with Crippen molar-refractivity contribution in [3.05, 3.63) is 11.4 Å². The van der Waals surface area contributed by atoms with Crippen molar-refractivity contribution < 1.29 is 0 Å². The van der Waals surface area contributed by atoms with E-state index in [4.69, 9.17) is 5.73 Å². The molecule has 0 aliphatic heterocycles. The topological polar surface area (TPSA) is 63.8 Å². The van der Waals surface area contributed by atoms with E-state index in [1.165, 1.54) is 0 Å². The van der Waals surface area contributed by atoms with Gasteiger partial charge in [-0.3, -0.25) is 0 Å². The van der Waals surface area contributed by atoms with Gasteiger partial charge in [0.05, 0.1) is 5.39 Å². The van der Waals surface area contributed by atoms with Crippen LogP contribution >= 0.6 is 11.3 Å². The van der Waals surface area contributed by atoms with Crippen molar-refractivity contribution in [1.82, 2.24) is 9.97 Å². The van der Waals surface area contributed by atoms with E-state index >= 15 is 0 Å². The number of nitrogen functional groups attached to an aromatic ring is 1. The molecule has 0 saturated carbocycles. The molecule has 0 fully saturated rings. The molecule has 0 aliphatic carbocycles. The Labute approximate surface area is 79.8 Å². The Bertz CT molecular complexity index is 423. The Balaban J connectivity index is 2.56. The second-order valence-electron chi connectivity index (χ2n) is 2.60. The Morgan fingerprint density at radius 2 is 2.38 bits per heavy atom. The molecule has 13 heavy (non-hydrogen) atoms. The van der Waals surface area contributed by atoms with Gasteiger partial charge < -0.3 is 11.1 Å². The van der Waals surface area contributed by atoms with E-state index < -0.39 is 0 Å². The fourth-order valence-electron chi connectivity index (χ4n) is 1.12. The highest BCUT2D eigenvalue weighted by Gasteiger charge is 2.04. The Kier molecular flexibility index (Phi) is 2.02. The summed E-state index contributed by atoms with van der Waals surface area (Å²) in [6.07, 6.45) is 0. The summed E-state index contributed by atoms with van der Waals surface area (Å²) >= 11 is 1.57. The van der Waals surface area contributed by atoms with E-state index in [1.807, 2.05) is 18.4 Å². The summed E-state index contributed by atoms with van der Waals surface area (Å²) in [5, 5.41) is 5.94. The summed E-state index contributed by atoms with van der Waals surface area (Å²) in [4.78, 5) is 9.36. The number of nitrogens with two attached hydrogens (primary N) is 1. The van der Waals surface area contributed by atoms with E-state index in [0.717, 1.165) is 16.8 Å². The zero-order chi connectivity index (χ0) is 9.26. The standard InChI is InChI=1S/C8H10N4S/c1-2-10-8-11-6(9)5-3-4-13-7(5)12-8/h3-4H,2H2,1H3,(H3,9,10,11,12). The molecule has 0 aliphatic rings. The molecule has 0 aromatic carbocycles. The van der Waals surface area contributed by atoms with Crippen LogP contribution in [0.1, 0.15) is 6.92 Å². The van der Waals surface area contributed by atoms with Crippen LogP contribution < -0.4 is 11.1 Å². The lowest BCUT2D eigenvalue weighted by atomic mass is 10.4. The molecule has 0 radical (unpaired) electrons. The third-order valence-electron chi connectivity index (χ3n) is 1.69. The van der Waals surface area contributed by atoms with Gasteiger partial charge in [-0.2, -0.15) is 4.98 Å². The highest BCUT2D eigenvalue weighted by molar-refractivity contribution is 7.16. The minimum absolute atomic E-state index is 0.544. The number of rotatable bonds is 2. The average Bonchev–Trinajstić information content (AvgIpc) is 2.53. The van der Waals surface area contributed by atoms with Crippen molar-refractivity contribution in [3.63, 3.8) is 0 Å². The second-order valence-corrected chi connectivity index (χ2v) is 3.50. The van der Waals surface area contributed by atoms with Gasteiger partial charge in [0.15, 0.2) is 0 Å². The predicted molar refractivity (Wildman–Crippen MR) is 56.0 cm³/mol. The van der Waals surface area contributed by atoms with Crippen LogP contribution in [-0.2, 0) is 0 Å². The lowest BCUT2D eigenvalue weighted by Crippen LogP contribution is -2.03. The molecule has 5 heteroatoms. The Morgan fingerprint density at radius 1 is 1.54 bits per heavy atom. The first-order valence-electron chi connectivity index (χ1n) is 4.06. The third-order valence-corrected chi connectivity index (χ3v) is 2.50. The first kappa shape index (κ1) is 8.25. The average molecular weight is 194 g/mol. The van der Waals surface area contributed by atoms with E-state index in [9.17, 15) is 0 Å². The van der Waals surface area contributed by atoms with Gasteiger partial charge in [0.1, 0.15) is 10.6 Å². The summed E-state index contributed by atoms with van der Waals surface area (Å²) in [6.45, 7) is 2.80. The summed E-state index contributed by atoms with van der Waals surface area (Å²) in [5.41, 5.74) is 5.75. The van der Waals surface area contributed by atoms with Crippen molar-refractivity contribution in [3.8, 4) is 0 Å². The SMILES string of the molecule is CCNc1nc(N)c2ccsc2n1. The molecule has 0 unspecified atom stereocenters. The van der Waals surface area contributed by atoms with Crippen LogP contribution in [-0.4, -0.2) is 16.5 Å². The fraction of sp³-hybridized carbons (Fsp3) is 0.250. The van der Waals surface area contributed by atoms with Crippen molar-refractivity contribution in [2.45, 2.75) is 6.92 Å². The lowest BCUT2D eigenvalue weighted by Gasteiger charge is -2.02. The number of fused-ring (bicyclic) bond motifs is 1. The molecule has 4 nitrogen and oxygen atoms in total. The number of nitrogens with one attached hydrogen (secondary N) is 1. The number of hydrogen-bond donors (Lipinski definition) is 2. The van der Waals surface area contributed by atoms with E-state index in [0.29, 0.717) is 11.8 Å². The number of nitrogens with zero attached hydrogens (tertiary/aromatic N) is 2. The molecule has 0 bridgehead atoms. The second kappa shape index (κ2) is 3.18. The smallest absolute Gasteiger partial charge is 0.226 e. The molecule has 0 atom stereocenters. The van der Waals surface area contributed by atoms with Gasteiger partial charge in [0.25, 0.3) is 0 Å². The Hall–Kier alpha value is -1.36. The van der Waals surface area contributed by atoms with Crippen molar-refractivity contribution in [2.75, 3.05) is 17.6 Å². The number of thiophene rings is 1. The normalized spacial score (nSPS) is 10.5. The molecular weight excluding hydrogens is 184 g/mol. The maximum absolute atomic E-state index is 5.75. The monoisotopic (exact) mass is 194 g/mol. The number of hydrogen-bond acceptors (Lipinski definition) is 5. The highest BCUT2D eigenvalue weighted by Crippen LogP contribution is 2.23. The predicted octanol–water partition coefficient (Wildman–Crippen LogP) is 1.71. The van der Waals surface area contributed by atoms with Gasteiger partial charge in [-0.05, 0) is 18.4 Å². The zero-order valence-corrected chi connectivity index (χ0v) is 8.06. The van der Waals surface area contributed by atoms with Gasteiger partial charge in [0, 0.05) is 6.54 Å². The van der Waals surface area contributed by atoms with E-state index in [2.05, 4.69) is 15.3 Å². The summed E-state index contributed by atoms with van der Waals surface area (Å²) < 4.78 is 0. The number of aromatic nitrogens is 2. The fourth-order valence-corrected chi connectivity index (χ4v) is 1.89. The van der Waals surface area contributed by atoms with Crippen LogP contribution in [0.2, 0.25) is 0 Å². The van der Waals surface area contributed by atoms with Gasteiger partial charge in [0.2, 0.25) is 5.95 Å². The minimum atomic E-state index is 0.544. The van der Waals surface area contributed by atoms with Crippen LogP contribution in [0.4, 0.5) is 11.8 Å². The lowest BCUT2D eigenvalue weighted by molar-refractivity contribution is 1.12. The highest BCUT2D eigenvalue weighted by atomic mass is 32.1. The molecule has 68 valence electrons. The van der Waals surface area contributed by atoms with Crippen LogP contribution in [0, 0.1) is 0 Å². The summed E-state index contributed by atoms with van der Waals surface area (Å²) in [7, 11) is 0. The molecule has 0 saturated heterocycles. The summed E-state index contributed by atoms with van der Waals surface area (Å²) in [5.74, 6) is 1.15. The summed E-state index contributed by atoms with van der Waals surface area (Å²) in [6, 6.07) is 1.94. The van der Waals surface area contributed by atoms with Gasteiger partial charge >= 0.3 is 0 Å². The van der Waals surface area contributed by atoms with Crippen LogP contribution in [0.5, 0.6) is 0 Å². The number of anilines is 2. The molecule has 0 spiro atoms. The molecule has 2 heterocycles. The molecule has 2 aromatic rings. The van der Waals surface area contributed by atoms with E-state index in [1.54, 1.807) is 11.3 Å². The Morgan fingerprint density at radius 3 is 3.15 bits per heavy atom. The maximum Gasteiger partial charge on any atom is 0.226 e. The molecule has 2 rings (SSSR count). The molecule has 0 amide bonds. The molecule has 3 N–H and O–H groups in total. The maximum atomic E-state index is 5.75. The van der Waals surface area contributed by atoms with Crippen molar-refractivity contribution in [2.24, 2.45) is 0 Å². The van der Waals surface area contributed by atoms with Crippen molar-refractivity contribution >= 4 is 33.3 Å².